The first-order valence-electron chi connectivity index (χ1n) is 11.3. The van der Waals surface area contributed by atoms with Crippen molar-refractivity contribution in [2.24, 2.45) is 0 Å². The highest BCUT2D eigenvalue weighted by Gasteiger charge is 2.17. The number of aromatic nitrogens is 3. The number of nitrogens with one attached hydrogen (secondary N) is 2. The van der Waals surface area contributed by atoms with Gasteiger partial charge in [0.1, 0.15) is 5.75 Å². The molecule has 1 aromatic heterocycles. The van der Waals surface area contributed by atoms with Crippen molar-refractivity contribution < 1.29 is 4.74 Å². The maximum atomic E-state index is 5.47. The van der Waals surface area contributed by atoms with E-state index in [1.165, 1.54) is 24.8 Å². The molecule has 32 heavy (non-hydrogen) atoms. The lowest BCUT2D eigenvalue weighted by molar-refractivity contribution is 0.410. The second kappa shape index (κ2) is 10.8. The Morgan fingerprint density at radius 1 is 0.906 bits per heavy atom. The summed E-state index contributed by atoms with van der Waals surface area (Å²) in [6, 6.07) is 18.7. The highest BCUT2D eigenvalue weighted by Crippen LogP contribution is 2.23. The summed E-state index contributed by atoms with van der Waals surface area (Å²) in [5.74, 6) is 2.67. The molecule has 1 aliphatic carbocycles. The molecule has 0 saturated heterocycles. The summed E-state index contributed by atoms with van der Waals surface area (Å²) >= 11 is 0. The Hall–Kier alpha value is -3.35. The van der Waals surface area contributed by atoms with E-state index in [-0.39, 0.29) is 0 Å². The SMILES string of the molecule is COc1ccccc1CNc1nc(NC2CCCCC2)nc(N(C)Cc2ccccc2)n1. The summed E-state index contributed by atoms with van der Waals surface area (Å²) in [7, 11) is 3.70. The first-order valence-corrected chi connectivity index (χ1v) is 11.3. The minimum absolute atomic E-state index is 0.417. The molecule has 7 heteroatoms. The molecule has 0 radical (unpaired) electrons. The maximum absolute atomic E-state index is 5.47. The predicted molar refractivity (Wildman–Crippen MR) is 129 cm³/mol. The molecule has 1 heterocycles. The van der Waals surface area contributed by atoms with Crippen molar-refractivity contribution in [2.45, 2.75) is 51.2 Å². The van der Waals surface area contributed by atoms with Gasteiger partial charge >= 0.3 is 0 Å². The van der Waals surface area contributed by atoms with E-state index in [0.717, 1.165) is 30.7 Å². The van der Waals surface area contributed by atoms with E-state index >= 15 is 0 Å². The summed E-state index contributed by atoms with van der Waals surface area (Å²) in [6.45, 7) is 1.29. The summed E-state index contributed by atoms with van der Waals surface area (Å²) in [5.41, 5.74) is 2.26. The van der Waals surface area contributed by atoms with Gasteiger partial charge in [0.05, 0.1) is 7.11 Å². The number of ether oxygens (including phenoxy) is 1. The van der Waals surface area contributed by atoms with Crippen molar-refractivity contribution in [1.29, 1.82) is 0 Å². The first-order chi connectivity index (χ1) is 15.7. The minimum atomic E-state index is 0.417. The molecule has 2 N–H and O–H groups in total. The van der Waals surface area contributed by atoms with Gasteiger partial charge in [-0.2, -0.15) is 15.0 Å². The molecule has 2 aromatic carbocycles. The number of anilines is 3. The standard InChI is InChI=1S/C25H32N6O/c1-31(18-19-11-5-3-6-12-19)25-29-23(26-17-20-13-9-10-16-22(20)32-2)28-24(30-25)27-21-14-7-4-8-15-21/h3,5-6,9-13,16,21H,4,7-8,14-15,17-18H2,1-2H3,(H2,26,27,28,29,30). The van der Waals surface area contributed by atoms with Crippen molar-refractivity contribution in [3.05, 3.63) is 65.7 Å². The van der Waals surface area contributed by atoms with Crippen LogP contribution in [0.25, 0.3) is 0 Å². The number of methoxy groups -OCH3 is 1. The van der Waals surface area contributed by atoms with Crippen molar-refractivity contribution in [1.82, 2.24) is 15.0 Å². The lowest BCUT2D eigenvalue weighted by Gasteiger charge is -2.24. The molecule has 4 rings (SSSR count). The average molecular weight is 433 g/mol. The fourth-order valence-corrected chi connectivity index (χ4v) is 4.06. The molecular formula is C25H32N6O. The number of benzene rings is 2. The van der Waals surface area contributed by atoms with Gasteiger partial charge in [-0.05, 0) is 24.5 Å². The third-order valence-electron chi connectivity index (χ3n) is 5.80. The van der Waals surface area contributed by atoms with Crippen LogP contribution in [0.1, 0.15) is 43.2 Å². The summed E-state index contributed by atoms with van der Waals surface area (Å²) in [4.78, 5) is 16.2. The summed E-state index contributed by atoms with van der Waals surface area (Å²) < 4.78 is 5.47. The smallest absolute Gasteiger partial charge is 0.231 e. The van der Waals surface area contributed by atoms with Crippen LogP contribution in [0.4, 0.5) is 17.8 Å². The number of nitrogens with zero attached hydrogens (tertiary/aromatic N) is 4. The van der Waals surface area contributed by atoms with E-state index in [2.05, 4.69) is 32.7 Å². The second-order valence-corrected chi connectivity index (χ2v) is 8.27. The number of hydrogen-bond acceptors (Lipinski definition) is 7. The molecular weight excluding hydrogens is 400 g/mol. The quantitative estimate of drug-likeness (QED) is 0.499. The largest absolute Gasteiger partial charge is 0.496 e. The molecule has 0 unspecified atom stereocenters. The van der Waals surface area contributed by atoms with Gasteiger partial charge in [0.25, 0.3) is 0 Å². The zero-order valence-electron chi connectivity index (χ0n) is 18.9. The van der Waals surface area contributed by atoms with Crippen LogP contribution in [0.2, 0.25) is 0 Å². The van der Waals surface area contributed by atoms with E-state index in [1.807, 2.05) is 49.5 Å². The third kappa shape index (κ3) is 5.87. The first kappa shape index (κ1) is 21.9. The Bertz CT molecular complexity index is 991. The van der Waals surface area contributed by atoms with Crippen molar-refractivity contribution in [3.63, 3.8) is 0 Å². The highest BCUT2D eigenvalue weighted by molar-refractivity contribution is 5.45. The molecule has 7 nitrogen and oxygen atoms in total. The molecule has 0 spiro atoms. The van der Waals surface area contributed by atoms with Crippen LogP contribution in [0, 0.1) is 0 Å². The Labute approximate surface area is 190 Å². The summed E-state index contributed by atoms with van der Waals surface area (Å²) in [5, 5.41) is 6.91. The molecule has 0 bridgehead atoms. The van der Waals surface area contributed by atoms with Gasteiger partial charge in [-0.1, -0.05) is 67.8 Å². The zero-order chi connectivity index (χ0) is 22.2. The monoisotopic (exact) mass is 432 g/mol. The molecule has 3 aromatic rings. The average Bonchev–Trinajstić information content (AvgIpc) is 2.84. The van der Waals surface area contributed by atoms with Gasteiger partial charge in [0.2, 0.25) is 17.8 Å². The number of para-hydroxylation sites is 1. The Balaban J connectivity index is 1.54. The molecule has 168 valence electrons. The molecule has 0 aliphatic heterocycles. The third-order valence-corrected chi connectivity index (χ3v) is 5.80. The molecule has 0 amide bonds. The Morgan fingerprint density at radius 3 is 2.41 bits per heavy atom. The van der Waals surface area contributed by atoms with Gasteiger partial charge in [-0.15, -0.1) is 0 Å². The normalized spacial score (nSPS) is 14.1. The van der Waals surface area contributed by atoms with Gasteiger partial charge in [-0.3, -0.25) is 0 Å². The van der Waals surface area contributed by atoms with Crippen LogP contribution in [0.15, 0.2) is 54.6 Å². The van der Waals surface area contributed by atoms with Crippen LogP contribution < -0.4 is 20.3 Å². The lowest BCUT2D eigenvalue weighted by Crippen LogP contribution is -2.26. The predicted octanol–water partition coefficient (Wildman–Crippen LogP) is 4.87. The molecule has 1 aliphatic rings. The van der Waals surface area contributed by atoms with Crippen LogP contribution in [-0.2, 0) is 13.1 Å². The fraction of sp³-hybridized carbons (Fsp3) is 0.400. The van der Waals surface area contributed by atoms with Gasteiger partial charge < -0.3 is 20.3 Å². The van der Waals surface area contributed by atoms with E-state index in [4.69, 9.17) is 14.7 Å². The van der Waals surface area contributed by atoms with Gasteiger partial charge in [-0.25, -0.2) is 0 Å². The van der Waals surface area contributed by atoms with Crippen LogP contribution in [-0.4, -0.2) is 35.2 Å². The van der Waals surface area contributed by atoms with Crippen molar-refractivity contribution in [2.75, 3.05) is 29.7 Å². The van der Waals surface area contributed by atoms with E-state index in [1.54, 1.807) is 7.11 Å². The lowest BCUT2D eigenvalue weighted by atomic mass is 9.96. The topological polar surface area (TPSA) is 75.2 Å². The molecule has 1 saturated carbocycles. The highest BCUT2D eigenvalue weighted by atomic mass is 16.5. The van der Waals surface area contributed by atoms with E-state index in [9.17, 15) is 0 Å². The summed E-state index contributed by atoms with van der Waals surface area (Å²) in [6.07, 6.45) is 6.13. The molecule has 0 atom stereocenters. The van der Waals surface area contributed by atoms with E-state index in [0.29, 0.717) is 30.4 Å². The zero-order valence-corrected chi connectivity index (χ0v) is 18.9. The second-order valence-electron chi connectivity index (χ2n) is 8.27. The van der Waals surface area contributed by atoms with Crippen molar-refractivity contribution >= 4 is 17.8 Å². The van der Waals surface area contributed by atoms with Gasteiger partial charge in [0, 0.05) is 31.7 Å². The van der Waals surface area contributed by atoms with E-state index < -0.39 is 0 Å². The fourth-order valence-electron chi connectivity index (χ4n) is 4.06. The van der Waals surface area contributed by atoms with Gasteiger partial charge in [0.15, 0.2) is 0 Å². The van der Waals surface area contributed by atoms with Crippen LogP contribution in [0.5, 0.6) is 5.75 Å². The van der Waals surface area contributed by atoms with Crippen LogP contribution in [0.3, 0.4) is 0 Å². The number of hydrogen-bond donors (Lipinski definition) is 2. The Morgan fingerprint density at radius 2 is 1.62 bits per heavy atom. The Kier molecular flexibility index (Phi) is 7.38. The molecule has 1 fully saturated rings. The minimum Gasteiger partial charge on any atom is -0.496 e. The number of rotatable bonds is 9. The van der Waals surface area contributed by atoms with Crippen molar-refractivity contribution in [3.8, 4) is 5.75 Å². The maximum Gasteiger partial charge on any atom is 0.231 e. The van der Waals surface area contributed by atoms with Crippen LogP contribution >= 0.6 is 0 Å².